The molecule has 23 heavy (non-hydrogen) atoms. The van der Waals surface area contributed by atoms with Crippen molar-refractivity contribution in [1.29, 1.82) is 0 Å². The SMILES string of the molecule is CC(C)Oc1ccc(S(=O)(=O)N2CCC[C@H](C(=O)O)[C@@H]2C)cc1. The van der Waals surface area contributed by atoms with Crippen LogP contribution in [0.4, 0.5) is 0 Å². The van der Waals surface area contributed by atoms with Gasteiger partial charge in [-0.25, -0.2) is 8.42 Å². The molecule has 1 heterocycles. The Bertz CT molecular complexity index is 654. The number of aliphatic carboxylic acids is 1. The molecule has 0 radical (unpaired) electrons. The quantitative estimate of drug-likeness (QED) is 0.889. The molecule has 1 aliphatic rings. The lowest BCUT2D eigenvalue weighted by Crippen LogP contribution is -2.48. The van der Waals surface area contributed by atoms with Gasteiger partial charge in [0.25, 0.3) is 0 Å². The van der Waals surface area contributed by atoms with Crippen LogP contribution in [0.15, 0.2) is 29.2 Å². The summed E-state index contributed by atoms with van der Waals surface area (Å²) in [6.45, 7) is 5.79. The van der Waals surface area contributed by atoms with Crippen LogP contribution in [0, 0.1) is 5.92 Å². The second-order valence-corrected chi connectivity index (χ2v) is 7.97. The number of rotatable bonds is 5. The molecule has 0 unspecified atom stereocenters. The van der Waals surface area contributed by atoms with Crippen LogP contribution < -0.4 is 4.74 Å². The van der Waals surface area contributed by atoms with Gasteiger partial charge in [-0.05, 0) is 57.9 Å². The zero-order valence-corrected chi connectivity index (χ0v) is 14.4. The summed E-state index contributed by atoms with van der Waals surface area (Å²) in [5.74, 6) is -1.01. The van der Waals surface area contributed by atoms with Crippen LogP contribution >= 0.6 is 0 Å². The fourth-order valence-electron chi connectivity index (χ4n) is 2.88. The van der Waals surface area contributed by atoms with Gasteiger partial charge in [-0.15, -0.1) is 0 Å². The lowest BCUT2D eigenvalue weighted by Gasteiger charge is -2.36. The van der Waals surface area contributed by atoms with E-state index < -0.39 is 28.0 Å². The van der Waals surface area contributed by atoms with Crippen molar-refractivity contribution in [2.24, 2.45) is 5.92 Å². The average molecular weight is 341 g/mol. The summed E-state index contributed by atoms with van der Waals surface area (Å²) < 4.78 is 32.4. The lowest BCUT2D eigenvalue weighted by molar-refractivity contribution is -0.144. The molecule has 1 aromatic carbocycles. The van der Waals surface area contributed by atoms with E-state index >= 15 is 0 Å². The van der Waals surface area contributed by atoms with E-state index in [9.17, 15) is 18.3 Å². The maximum absolute atomic E-state index is 12.8. The van der Waals surface area contributed by atoms with Gasteiger partial charge in [0.1, 0.15) is 5.75 Å². The molecule has 7 heteroatoms. The molecule has 2 rings (SSSR count). The van der Waals surface area contributed by atoms with Gasteiger partial charge in [-0.1, -0.05) is 0 Å². The van der Waals surface area contributed by atoms with Crippen molar-refractivity contribution in [1.82, 2.24) is 4.31 Å². The number of carbonyl (C=O) groups is 1. The summed E-state index contributed by atoms with van der Waals surface area (Å²) in [6, 6.07) is 5.69. The number of carboxylic acids is 1. The first-order chi connectivity index (χ1) is 10.7. The Balaban J connectivity index is 2.25. The van der Waals surface area contributed by atoms with Crippen LogP contribution in [0.1, 0.15) is 33.6 Å². The third-order valence-corrected chi connectivity index (χ3v) is 6.05. The van der Waals surface area contributed by atoms with Crippen molar-refractivity contribution in [2.45, 2.75) is 50.7 Å². The topological polar surface area (TPSA) is 83.9 Å². The molecule has 0 bridgehead atoms. The monoisotopic (exact) mass is 341 g/mol. The molecule has 0 spiro atoms. The second-order valence-electron chi connectivity index (χ2n) is 6.08. The molecule has 0 amide bonds. The minimum Gasteiger partial charge on any atom is -0.491 e. The molecule has 128 valence electrons. The average Bonchev–Trinajstić information content (AvgIpc) is 2.46. The zero-order chi connectivity index (χ0) is 17.2. The van der Waals surface area contributed by atoms with Crippen molar-refractivity contribution in [3.8, 4) is 5.75 Å². The highest BCUT2D eigenvalue weighted by Gasteiger charge is 2.39. The van der Waals surface area contributed by atoms with Crippen molar-refractivity contribution in [3.05, 3.63) is 24.3 Å². The smallest absolute Gasteiger partial charge is 0.308 e. The molecule has 6 nitrogen and oxygen atoms in total. The van der Waals surface area contributed by atoms with Gasteiger partial charge < -0.3 is 9.84 Å². The predicted octanol–water partition coefficient (Wildman–Crippen LogP) is 2.35. The largest absolute Gasteiger partial charge is 0.491 e. The second kappa shape index (κ2) is 6.88. The van der Waals surface area contributed by atoms with E-state index in [-0.39, 0.29) is 11.0 Å². The minimum atomic E-state index is -3.71. The molecule has 0 aromatic heterocycles. The Morgan fingerprint density at radius 2 is 1.91 bits per heavy atom. The van der Waals surface area contributed by atoms with E-state index in [4.69, 9.17) is 4.74 Å². The Labute approximate surface area is 137 Å². The molecule has 0 saturated carbocycles. The number of hydrogen-bond acceptors (Lipinski definition) is 4. The van der Waals surface area contributed by atoms with E-state index in [1.165, 1.54) is 16.4 Å². The molecule has 1 aliphatic heterocycles. The molecule has 1 saturated heterocycles. The predicted molar refractivity (Wildman–Crippen MR) is 85.9 cm³/mol. The Hall–Kier alpha value is -1.60. The highest BCUT2D eigenvalue weighted by Crippen LogP contribution is 2.30. The van der Waals surface area contributed by atoms with Gasteiger partial charge in [0.15, 0.2) is 0 Å². The third-order valence-electron chi connectivity index (χ3n) is 4.05. The molecular formula is C16H23NO5S. The van der Waals surface area contributed by atoms with Crippen LogP contribution in [-0.4, -0.2) is 42.5 Å². The van der Waals surface area contributed by atoms with Gasteiger partial charge in [0, 0.05) is 12.6 Å². The number of nitrogens with zero attached hydrogens (tertiary/aromatic N) is 1. The molecular weight excluding hydrogens is 318 g/mol. The zero-order valence-electron chi connectivity index (χ0n) is 13.6. The molecule has 1 fully saturated rings. The van der Waals surface area contributed by atoms with Crippen molar-refractivity contribution in [3.63, 3.8) is 0 Å². The highest BCUT2D eigenvalue weighted by molar-refractivity contribution is 7.89. The van der Waals surface area contributed by atoms with E-state index in [1.54, 1.807) is 19.1 Å². The minimum absolute atomic E-state index is 0.0101. The Morgan fingerprint density at radius 3 is 2.43 bits per heavy atom. The van der Waals surface area contributed by atoms with Crippen LogP contribution in [0.25, 0.3) is 0 Å². The van der Waals surface area contributed by atoms with Crippen molar-refractivity contribution in [2.75, 3.05) is 6.54 Å². The van der Waals surface area contributed by atoms with Gasteiger partial charge in [-0.3, -0.25) is 4.79 Å². The summed E-state index contributed by atoms with van der Waals surface area (Å²) in [5, 5.41) is 9.24. The molecule has 1 aromatic rings. The summed E-state index contributed by atoms with van der Waals surface area (Å²) in [6.07, 6.45) is 1.06. The highest BCUT2D eigenvalue weighted by atomic mass is 32.2. The number of carboxylic acid groups (broad SMARTS) is 1. The van der Waals surface area contributed by atoms with Gasteiger partial charge in [0.2, 0.25) is 10.0 Å². The number of ether oxygens (including phenoxy) is 1. The number of sulfonamides is 1. The molecule has 2 atom stereocenters. The van der Waals surface area contributed by atoms with E-state index in [1.807, 2.05) is 13.8 Å². The summed E-state index contributed by atoms with van der Waals surface area (Å²) in [5.41, 5.74) is 0. The maximum atomic E-state index is 12.8. The Morgan fingerprint density at radius 1 is 1.30 bits per heavy atom. The third kappa shape index (κ3) is 3.84. The van der Waals surface area contributed by atoms with Crippen LogP contribution in [0.2, 0.25) is 0 Å². The van der Waals surface area contributed by atoms with Gasteiger partial charge in [0.05, 0.1) is 16.9 Å². The molecule has 0 aliphatic carbocycles. The van der Waals surface area contributed by atoms with Crippen molar-refractivity contribution >= 4 is 16.0 Å². The lowest BCUT2D eigenvalue weighted by atomic mass is 9.92. The number of piperidine rings is 1. The van der Waals surface area contributed by atoms with E-state index in [0.717, 1.165) is 0 Å². The van der Waals surface area contributed by atoms with E-state index in [0.29, 0.717) is 25.1 Å². The summed E-state index contributed by atoms with van der Waals surface area (Å²) in [7, 11) is -3.71. The standard InChI is InChI=1S/C16H23NO5S/c1-11(2)22-13-6-8-14(9-7-13)23(20,21)17-10-4-5-15(12(17)3)16(18)19/h6-9,11-12,15H,4-5,10H2,1-3H3,(H,18,19)/t12-,15-/m0/s1. The van der Waals surface area contributed by atoms with Crippen LogP contribution in [0.3, 0.4) is 0 Å². The Kier molecular flexibility index (Phi) is 5.31. The number of benzene rings is 1. The van der Waals surface area contributed by atoms with Crippen LogP contribution in [0.5, 0.6) is 5.75 Å². The summed E-state index contributed by atoms with van der Waals surface area (Å²) >= 11 is 0. The maximum Gasteiger partial charge on any atom is 0.308 e. The van der Waals surface area contributed by atoms with Crippen molar-refractivity contribution < 1.29 is 23.1 Å². The first-order valence-corrected chi connectivity index (χ1v) is 9.19. The molecule has 1 N–H and O–H groups in total. The van der Waals surface area contributed by atoms with Gasteiger partial charge in [-0.2, -0.15) is 4.31 Å². The first kappa shape index (κ1) is 17.7. The number of hydrogen-bond donors (Lipinski definition) is 1. The normalized spacial score (nSPS) is 23.0. The fraction of sp³-hybridized carbons (Fsp3) is 0.562. The van der Waals surface area contributed by atoms with E-state index in [2.05, 4.69) is 0 Å². The fourth-order valence-corrected chi connectivity index (χ4v) is 4.58. The van der Waals surface area contributed by atoms with Gasteiger partial charge >= 0.3 is 5.97 Å². The summed E-state index contributed by atoms with van der Waals surface area (Å²) in [4.78, 5) is 11.4. The first-order valence-electron chi connectivity index (χ1n) is 7.75. The van der Waals surface area contributed by atoms with Crippen LogP contribution in [-0.2, 0) is 14.8 Å².